The van der Waals surface area contributed by atoms with E-state index in [9.17, 15) is 14.7 Å². The van der Waals surface area contributed by atoms with Crippen molar-refractivity contribution in [1.29, 1.82) is 0 Å². The topological polar surface area (TPSA) is 96.7 Å². The molecule has 2 fully saturated rings. The van der Waals surface area contributed by atoms with Crippen molar-refractivity contribution in [3.05, 3.63) is 23.8 Å². The van der Waals surface area contributed by atoms with Gasteiger partial charge in [0, 0.05) is 26.6 Å². The van der Waals surface area contributed by atoms with Crippen molar-refractivity contribution in [1.82, 2.24) is 14.9 Å². The molecule has 2 aliphatic rings. The molecule has 1 aliphatic heterocycles. The summed E-state index contributed by atoms with van der Waals surface area (Å²) < 4.78 is 7.06. The second kappa shape index (κ2) is 8.26. The van der Waals surface area contributed by atoms with Gasteiger partial charge in [-0.05, 0) is 49.3 Å². The number of nitrogens with one attached hydrogen (secondary N) is 1. The molecule has 2 N–H and O–H groups in total. The number of nitrogens with zero attached hydrogens (tertiary/aromatic N) is 3. The van der Waals surface area contributed by atoms with E-state index < -0.39 is 6.10 Å². The van der Waals surface area contributed by atoms with Gasteiger partial charge in [0.1, 0.15) is 0 Å². The average Bonchev–Trinajstić information content (AvgIpc) is 3.28. The van der Waals surface area contributed by atoms with E-state index in [4.69, 9.17) is 9.72 Å². The Balaban J connectivity index is 1.62. The molecule has 1 saturated heterocycles. The number of anilines is 1. The first-order valence-corrected chi connectivity index (χ1v) is 10.7. The van der Waals surface area contributed by atoms with E-state index in [0.29, 0.717) is 23.8 Å². The first-order chi connectivity index (χ1) is 14.4. The third-order valence-corrected chi connectivity index (χ3v) is 6.41. The predicted molar refractivity (Wildman–Crippen MR) is 113 cm³/mol. The Labute approximate surface area is 176 Å². The summed E-state index contributed by atoms with van der Waals surface area (Å²) in [6.07, 6.45) is 1.93. The summed E-state index contributed by atoms with van der Waals surface area (Å²) in [5.74, 6) is 1.23. The van der Waals surface area contributed by atoms with Crippen LogP contribution in [0.25, 0.3) is 11.0 Å². The lowest BCUT2D eigenvalue weighted by molar-refractivity contribution is -0.121. The van der Waals surface area contributed by atoms with Crippen molar-refractivity contribution in [2.45, 2.75) is 51.8 Å². The molecule has 0 spiro atoms. The summed E-state index contributed by atoms with van der Waals surface area (Å²) in [5.41, 5.74) is 2.28. The van der Waals surface area contributed by atoms with Gasteiger partial charge in [-0.15, -0.1) is 0 Å². The molecule has 1 amide bonds. The number of hydrogen-bond acceptors (Lipinski definition) is 6. The summed E-state index contributed by atoms with van der Waals surface area (Å²) in [6.45, 7) is 6.16. The van der Waals surface area contributed by atoms with Crippen LogP contribution in [-0.2, 0) is 16.1 Å². The molecular weight excluding hydrogens is 384 g/mol. The number of carbonyl (C=O) groups is 2. The van der Waals surface area contributed by atoms with Gasteiger partial charge in [0.15, 0.2) is 0 Å². The SMILES string of the molecule is CCCn1c(N2C[C@H]3C[C@@H](NC(C)=O)[C@H](O)C[C@H]3C2)nc2cc(C(=O)OC)ccc21. The molecule has 0 unspecified atom stereocenters. The summed E-state index contributed by atoms with van der Waals surface area (Å²) >= 11 is 0. The largest absolute Gasteiger partial charge is 0.465 e. The highest BCUT2D eigenvalue weighted by atomic mass is 16.5. The smallest absolute Gasteiger partial charge is 0.337 e. The molecule has 162 valence electrons. The van der Waals surface area contributed by atoms with Crippen LogP contribution in [0.2, 0.25) is 0 Å². The number of hydrogen-bond donors (Lipinski definition) is 2. The number of methoxy groups -OCH3 is 1. The van der Waals surface area contributed by atoms with Gasteiger partial charge in [-0.2, -0.15) is 0 Å². The highest BCUT2D eigenvalue weighted by Gasteiger charge is 2.43. The summed E-state index contributed by atoms with van der Waals surface area (Å²) in [7, 11) is 1.38. The van der Waals surface area contributed by atoms with Crippen LogP contribution in [0.1, 0.15) is 43.5 Å². The Morgan fingerprint density at radius 1 is 1.27 bits per heavy atom. The fourth-order valence-electron chi connectivity index (χ4n) is 5.06. The third kappa shape index (κ3) is 3.76. The van der Waals surface area contributed by atoms with Crippen molar-refractivity contribution >= 4 is 28.9 Å². The molecule has 0 bridgehead atoms. The maximum atomic E-state index is 11.9. The van der Waals surface area contributed by atoms with Gasteiger partial charge in [0.05, 0.1) is 35.9 Å². The van der Waals surface area contributed by atoms with Crippen molar-refractivity contribution in [2.24, 2.45) is 11.8 Å². The number of aliphatic hydroxyl groups excluding tert-OH is 1. The van der Waals surface area contributed by atoms with Crippen LogP contribution in [-0.4, -0.2) is 58.9 Å². The molecule has 1 saturated carbocycles. The second-order valence-electron chi connectivity index (χ2n) is 8.53. The van der Waals surface area contributed by atoms with Crippen LogP contribution in [0.3, 0.4) is 0 Å². The standard InChI is InChI=1S/C22H30N4O4/c1-4-7-26-19-6-5-14(21(29)30-3)8-17(19)24-22(26)25-11-15-9-18(23-13(2)27)20(28)10-16(15)12-25/h5-6,8,15-16,18,20,28H,4,7,9-12H2,1-3H3,(H,23,27)/t15-,16+,18-,20-/m1/s1. The van der Waals surface area contributed by atoms with Crippen molar-refractivity contribution in [3.8, 4) is 0 Å². The average molecular weight is 415 g/mol. The second-order valence-corrected chi connectivity index (χ2v) is 8.53. The molecule has 30 heavy (non-hydrogen) atoms. The van der Waals surface area contributed by atoms with Crippen LogP contribution in [0.15, 0.2) is 18.2 Å². The molecule has 8 nitrogen and oxygen atoms in total. The van der Waals surface area contributed by atoms with E-state index in [0.717, 1.165) is 49.5 Å². The van der Waals surface area contributed by atoms with Gasteiger partial charge in [-0.25, -0.2) is 9.78 Å². The zero-order valence-corrected chi connectivity index (χ0v) is 17.8. The Kier molecular flexibility index (Phi) is 5.69. The quantitative estimate of drug-likeness (QED) is 0.726. The van der Waals surface area contributed by atoms with Crippen LogP contribution < -0.4 is 10.2 Å². The summed E-state index contributed by atoms with van der Waals surface area (Å²) in [4.78, 5) is 30.6. The molecular formula is C22H30N4O4. The Morgan fingerprint density at radius 3 is 2.67 bits per heavy atom. The molecule has 2 heterocycles. The van der Waals surface area contributed by atoms with E-state index in [1.807, 2.05) is 6.07 Å². The lowest BCUT2D eigenvalue weighted by atomic mass is 9.77. The van der Waals surface area contributed by atoms with Gasteiger partial charge in [0.2, 0.25) is 11.9 Å². The minimum absolute atomic E-state index is 0.0986. The van der Waals surface area contributed by atoms with E-state index in [-0.39, 0.29) is 17.9 Å². The number of aliphatic hydroxyl groups is 1. The van der Waals surface area contributed by atoms with Gasteiger partial charge in [-0.1, -0.05) is 6.92 Å². The first-order valence-electron chi connectivity index (χ1n) is 10.7. The molecule has 4 rings (SSSR count). The van der Waals surface area contributed by atoms with E-state index in [1.54, 1.807) is 12.1 Å². The van der Waals surface area contributed by atoms with Crippen LogP contribution in [0, 0.1) is 11.8 Å². The minimum Gasteiger partial charge on any atom is -0.465 e. The monoisotopic (exact) mass is 414 g/mol. The zero-order valence-electron chi connectivity index (χ0n) is 17.8. The van der Waals surface area contributed by atoms with Gasteiger partial charge < -0.3 is 24.6 Å². The molecule has 1 aliphatic carbocycles. The Bertz CT molecular complexity index is 956. The normalized spacial score (nSPS) is 25.9. The summed E-state index contributed by atoms with van der Waals surface area (Å²) in [6, 6.07) is 5.33. The Hall–Kier alpha value is -2.61. The third-order valence-electron chi connectivity index (χ3n) is 6.41. The minimum atomic E-state index is -0.507. The van der Waals surface area contributed by atoms with Crippen molar-refractivity contribution < 1.29 is 19.4 Å². The van der Waals surface area contributed by atoms with Crippen molar-refractivity contribution in [3.63, 3.8) is 0 Å². The van der Waals surface area contributed by atoms with E-state index >= 15 is 0 Å². The van der Waals surface area contributed by atoms with Crippen LogP contribution in [0.4, 0.5) is 5.95 Å². The predicted octanol–water partition coefficient (Wildman–Crippen LogP) is 1.94. The van der Waals surface area contributed by atoms with Crippen LogP contribution >= 0.6 is 0 Å². The number of benzene rings is 1. The molecule has 1 aromatic heterocycles. The van der Waals surface area contributed by atoms with Crippen LogP contribution in [0.5, 0.6) is 0 Å². The number of amides is 1. The highest BCUT2D eigenvalue weighted by Crippen LogP contribution is 2.39. The maximum Gasteiger partial charge on any atom is 0.337 e. The lowest BCUT2D eigenvalue weighted by Gasteiger charge is -2.35. The van der Waals surface area contributed by atoms with E-state index in [2.05, 4.69) is 21.7 Å². The number of aryl methyl sites for hydroxylation is 1. The molecule has 8 heteroatoms. The molecule has 0 radical (unpaired) electrons. The number of imidazole rings is 1. The molecule has 2 aromatic rings. The maximum absolute atomic E-state index is 11.9. The molecule has 4 atom stereocenters. The van der Waals surface area contributed by atoms with Gasteiger partial charge in [0.25, 0.3) is 0 Å². The number of fused-ring (bicyclic) bond motifs is 2. The Morgan fingerprint density at radius 2 is 2.00 bits per heavy atom. The van der Waals surface area contributed by atoms with Gasteiger partial charge >= 0.3 is 5.97 Å². The fourth-order valence-corrected chi connectivity index (χ4v) is 5.06. The fraction of sp³-hybridized carbons (Fsp3) is 0.591. The number of carbonyl (C=O) groups excluding carboxylic acids is 2. The summed E-state index contributed by atoms with van der Waals surface area (Å²) in [5, 5.41) is 13.4. The number of esters is 1. The van der Waals surface area contributed by atoms with Crippen molar-refractivity contribution in [2.75, 3.05) is 25.1 Å². The number of aromatic nitrogens is 2. The highest BCUT2D eigenvalue weighted by molar-refractivity contribution is 5.94. The number of rotatable bonds is 5. The molecule has 1 aromatic carbocycles. The van der Waals surface area contributed by atoms with E-state index in [1.165, 1.54) is 14.0 Å². The van der Waals surface area contributed by atoms with Gasteiger partial charge in [-0.3, -0.25) is 4.79 Å². The first kappa shape index (κ1) is 20.7. The zero-order chi connectivity index (χ0) is 21.4. The number of ether oxygens (including phenoxy) is 1. The lowest BCUT2D eigenvalue weighted by Crippen LogP contribution is -2.48.